The van der Waals surface area contributed by atoms with Gasteiger partial charge in [0.15, 0.2) is 0 Å². The molecule has 142 valence electrons. The van der Waals surface area contributed by atoms with E-state index in [1.807, 2.05) is 13.8 Å². The van der Waals surface area contributed by atoms with Crippen LogP contribution in [0.1, 0.15) is 13.8 Å². The van der Waals surface area contributed by atoms with E-state index in [2.05, 4.69) is 14.4 Å². The Morgan fingerprint density at radius 2 is 1.92 bits per heavy atom. The van der Waals surface area contributed by atoms with Gasteiger partial charge in [-0.05, 0) is 26.0 Å². The van der Waals surface area contributed by atoms with E-state index in [-0.39, 0.29) is 23.6 Å². The first-order valence-electron chi connectivity index (χ1n) is 7.78. The number of hydrogen-bond donors (Lipinski definition) is 1. The van der Waals surface area contributed by atoms with Crippen LogP contribution in [0.4, 0.5) is 13.2 Å². The van der Waals surface area contributed by atoms with Crippen LogP contribution < -0.4 is 9.46 Å². The molecule has 6 nitrogen and oxygen atoms in total. The number of sulfonamides is 1. The second kappa shape index (κ2) is 7.90. The van der Waals surface area contributed by atoms with Gasteiger partial charge in [-0.15, -0.1) is 13.2 Å². The predicted molar refractivity (Wildman–Crippen MR) is 84.8 cm³/mol. The van der Waals surface area contributed by atoms with Crippen molar-refractivity contribution in [2.75, 3.05) is 26.2 Å². The maximum atomic E-state index is 12.2. The molecule has 1 fully saturated rings. The average Bonchev–Trinajstić information content (AvgIpc) is 2.44. The number of rotatable bonds is 6. The van der Waals surface area contributed by atoms with E-state index in [4.69, 9.17) is 4.74 Å². The second-order valence-electron chi connectivity index (χ2n) is 5.94. The number of halogens is 3. The quantitative estimate of drug-likeness (QED) is 0.815. The molecule has 10 heteroatoms. The first-order valence-corrected chi connectivity index (χ1v) is 9.27. The molecule has 1 saturated heterocycles. The summed E-state index contributed by atoms with van der Waals surface area (Å²) in [5.41, 5.74) is 0. The maximum absolute atomic E-state index is 12.2. The van der Waals surface area contributed by atoms with E-state index in [0.29, 0.717) is 19.6 Å². The zero-order chi connectivity index (χ0) is 18.7. The van der Waals surface area contributed by atoms with E-state index in [1.54, 1.807) is 0 Å². The van der Waals surface area contributed by atoms with Crippen LogP contribution in [0.5, 0.6) is 5.75 Å². The van der Waals surface area contributed by atoms with Gasteiger partial charge in [0, 0.05) is 32.2 Å². The van der Waals surface area contributed by atoms with Gasteiger partial charge in [-0.2, -0.15) is 0 Å². The number of morpholine rings is 1. The summed E-state index contributed by atoms with van der Waals surface area (Å²) in [6, 6.07) is 4.29. The van der Waals surface area contributed by atoms with E-state index in [9.17, 15) is 21.6 Å². The lowest BCUT2D eigenvalue weighted by molar-refractivity contribution is -0.274. The van der Waals surface area contributed by atoms with Crippen molar-refractivity contribution >= 4 is 10.0 Å². The largest absolute Gasteiger partial charge is 0.573 e. The molecule has 0 aliphatic carbocycles. The molecule has 0 saturated carbocycles. The highest BCUT2D eigenvalue weighted by Crippen LogP contribution is 2.24. The van der Waals surface area contributed by atoms with E-state index in [1.165, 1.54) is 12.1 Å². The summed E-state index contributed by atoms with van der Waals surface area (Å²) >= 11 is 0. The highest BCUT2D eigenvalue weighted by Gasteiger charge is 2.31. The Balaban J connectivity index is 1.94. The van der Waals surface area contributed by atoms with Crippen LogP contribution in [-0.4, -0.2) is 58.1 Å². The third-order valence-corrected chi connectivity index (χ3v) is 5.02. The number of alkyl halides is 3. The fraction of sp³-hybridized carbons (Fsp3) is 0.600. The molecule has 25 heavy (non-hydrogen) atoms. The zero-order valence-electron chi connectivity index (χ0n) is 13.9. The van der Waals surface area contributed by atoms with Gasteiger partial charge >= 0.3 is 6.36 Å². The molecule has 2 rings (SSSR count). The van der Waals surface area contributed by atoms with Crippen molar-refractivity contribution in [1.29, 1.82) is 0 Å². The molecule has 1 aliphatic rings. The molecule has 0 aromatic heterocycles. The Labute approximate surface area is 145 Å². The lowest BCUT2D eigenvalue weighted by atomic mass is 10.2. The van der Waals surface area contributed by atoms with Gasteiger partial charge in [-0.25, -0.2) is 13.1 Å². The van der Waals surface area contributed by atoms with Crippen LogP contribution in [0, 0.1) is 0 Å². The van der Waals surface area contributed by atoms with Crippen LogP contribution in [0.2, 0.25) is 0 Å². The maximum Gasteiger partial charge on any atom is 0.573 e. The number of ether oxygens (including phenoxy) is 2. The highest BCUT2D eigenvalue weighted by molar-refractivity contribution is 7.89. The van der Waals surface area contributed by atoms with E-state index in [0.717, 1.165) is 12.1 Å². The van der Waals surface area contributed by atoms with Crippen molar-refractivity contribution in [3.05, 3.63) is 24.3 Å². The average molecular weight is 382 g/mol. The molecule has 2 unspecified atom stereocenters. The first-order chi connectivity index (χ1) is 11.5. The number of nitrogens with zero attached hydrogens (tertiary/aromatic N) is 1. The Hall–Kier alpha value is -1.36. The van der Waals surface area contributed by atoms with Crippen molar-refractivity contribution < 1.29 is 31.1 Å². The Morgan fingerprint density at radius 3 is 2.52 bits per heavy atom. The normalized spacial score (nSPS) is 22.8. The fourth-order valence-corrected chi connectivity index (χ4v) is 3.78. The monoisotopic (exact) mass is 382 g/mol. The van der Waals surface area contributed by atoms with Crippen molar-refractivity contribution in [2.24, 2.45) is 0 Å². The van der Waals surface area contributed by atoms with Gasteiger partial charge in [0.2, 0.25) is 10.0 Å². The van der Waals surface area contributed by atoms with Crippen LogP contribution in [0.15, 0.2) is 29.2 Å². The Morgan fingerprint density at radius 1 is 1.28 bits per heavy atom. The Bertz CT molecular complexity index is 672. The molecular formula is C15H21F3N2O4S. The number of nitrogens with one attached hydrogen (secondary N) is 1. The van der Waals surface area contributed by atoms with Gasteiger partial charge in [-0.1, -0.05) is 6.07 Å². The predicted octanol–water partition coefficient (Wildman–Crippen LogP) is 1.97. The third kappa shape index (κ3) is 6.46. The molecule has 0 spiro atoms. The van der Waals surface area contributed by atoms with Crippen LogP contribution in [-0.2, 0) is 14.8 Å². The molecule has 1 aliphatic heterocycles. The minimum atomic E-state index is -4.88. The summed E-state index contributed by atoms with van der Waals surface area (Å²) in [4.78, 5) is 1.79. The van der Waals surface area contributed by atoms with Gasteiger partial charge in [0.25, 0.3) is 0 Å². The van der Waals surface area contributed by atoms with E-state index < -0.39 is 22.1 Å². The second-order valence-corrected chi connectivity index (χ2v) is 7.70. The summed E-state index contributed by atoms with van der Waals surface area (Å²) in [5.74, 6) is -0.578. The molecule has 0 bridgehead atoms. The zero-order valence-corrected chi connectivity index (χ0v) is 14.7. The van der Waals surface area contributed by atoms with Crippen molar-refractivity contribution in [3.63, 3.8) is 0 Å². The summed E-state index contributed by atoms with van der Waals surface area (Å²) in [7, 11) is -3.92. The van der Waals surface area contributed by atoms with Crippen LogP contribution in [0.3, 0.4) is 0 Å². The van der Waals surface area contributed by atoms with Crippen LogP contribution >= 0.6 is 0 Å². The molecule has 1 heterocycles. The lowest BCUT2D eigenvalue weighted by Crippen LogP contribution is -2.47. The van der Waals surface area contributed by atoms with Crippen molar-refractivity contribution in [1.82, 2.24) is 9.62 Å². The smallest absolute Gasteiger partial charge is 0.406 e. The fourth-order valence-electron chi connectivity index (χ4n) is 2.73. The molecule has 1 N–H and O–H groups in total. The highest BCUT2D eigenvalue weighted by atomic mass is 32.2. The summed E-state index contributed by atoms with van der Waals surface area (Å²) in [6.07, 6.45) is -4.74. The SMILES string of the molecule is CC1CN(CCNS(=O)(=O)c2cccc(OC(F)(F)F)c2)CC(C)O1. The summed E-state index contributed by atoms with van der Waals surface area (Å²) in [5, 5.41) is 0. The molecule has 2 atom stereocenters. The minimum Gasteiger partial charge on any atom is -0.406 e. The molecule has 0 amide bonds. The van der Waals surface area contributed by atoms with Crippen LogP contribution in [0.25, 0.3) is 0 Å². The standard InChI is InChI=1S/C15H21F3N2O4S/c1-11-9-20(10-12(2)23-11)7-6-19-25(21,22)14-5-3-4-13(8-14)24-15(16,17)18/h3-5,8,11-12,19H,6-7,9-10H2,1-2H3. The number of benzene rings is 1. The van der Waals surface area contributed by atoms with E-state index >= 15 is 0 Å². The number of hydrogen-bond acceptors (Lipinski definition) is 5. The van der Waals surface area contributed by atoms with Crippen molar-refractivity contribution in [2.45, 2.75) is 37.3 Å². The first kappa shape index (κ1) is 20.0. The van der Waals surface area contributed by atoms with Gasteiger partial charge in [0.1, 0.15) is 5.75 Å². The van der Waals surface area contributed by atoms with Gasteiger partial charge < -0.3 is 9.47 Å². The van der Waals surface area contributed by atoms with Gasteiger partial charge in [-0.3, -0.25) is 4.90 Å². The third-order valence-electron chi connectivity index (χ3n) is 3.56. The lowest BCUT2D eigenvalue weighted by Gasteiger charge is -2.35. The molecule has 1 aromatic carbocycles. The van der Waals surface area contributed by atoms with Gasteiger partial charge in [0.05, 0.1) is 17.1 Å². The molecule has 0 radical (unpaired) electrons. The molecular weight excluding hydrogens is 361 g/mol. The summed E-state index contributed by atoms with van der Waals surface area (Å²) < 4.78 is 72.9. The van der Waals surface area contributed by atoms with Crippen molar-refractivity contribution in [3.8, 4) is 5.75 Å². The molecule has 1 aromatic rings. The summed E-state index contributed by atoms with van der Waals surface area (Å²) in [6.45, 7) is 5.90. The topological polar surface area (TPSA) is 67.9 Å². The Kier molecular flexibility index (Phi) is 6.30. The minimum absolute atomic E-state index is 0.0663.